The Labute approximate surface area is 102 Å². The second kappa shape index (κ2) is 5.16. The van der Waals surface area contributed by atoms with Gasteiger partial charge in [0, 0.05) is 10.7 Å². The summed E-state index contributed by atoms with van der Waals surface area (Å²) in [5.74, 6) is -0.236. The summed E-state index contributed by atoms with van der Waals surface area (Å²) < 4.78 is 10.6. The normalized spacial score (nSPS) is 12.0. The van der Waals surface area contributed by atoms with Crippen molar-refractivity contribution < 1.29 is 14.3 Å². The molecule has 1 heterocycles. The molecule has 5 nitrogen and oxygen atoms in total. The molecule has 0 radical (unpaired) electrons. The summed E-state index contributed by atoms with van der Waals surface area (Å²) in [4.78, 5) is 15.1. The third-order valence-electron chi connectivity index (χ3n) is 2.11. The number of hydrogen-bond acceptors (Lipinski definition) is 5. The summed E-state index contributed by atoms with van der Waals surface area (Å²) in [6, 6.07) is 0. The van der Waals surface area contributed by atoms with Crippen molar-refractivity contribution in [3.05, 3.63) is 16.2 Å². The van der Waals surface area contributed by atoms with E-state index in [4.69, 9.17) is 10.5 Å². The van der Waals surface area contributed by atoms with Crippen LogP contribution in [0.3, 0.4) is 0 Å². The van der Waals surface area contributed by atoms with Crippen molar-refractivity contribution in [2.45, 2.75) is 20.0 Å². The van der Waals surface area contributed by atoms with E-state index in [1.165, 1.54) is 7.11 Å². The number of esters is 1. The quantitative estimate of drug-likeness (QED) is 0.857. The molecule has 0 aliphatic heterocycles. The van der Waals surface area contributed by atoms with E-state index in [9.17, 15) is 4.79 Å². The van der Waals surface area contributed by atoms with Crippen LogP contribution in [0.4, 0.5) is 5.69 Å². The third-order valence-corrected chi connectivity index (χ3v) is 2.91. The highest BCUT2D eigenvalue weighted by Crippen LogP contribution is 2.28. The predicted molar refractivity (Wildman–Crippen MR) is 63.2 cm³/mol. The minimum absolute atomic E-state index is 0.235. The van der Waals surface area contributed by atoms with Gasteiger partial charge in [0.2, 0.25) is 5.88 Å². The molecule has 0 saturated heterocycles. The Morgan fingerprint density at radius 2 is 2.25 bits per heavy atom. The number of ether oxygens (including phenoxy) is 2. The summed E-state index contributed by atoms with van der Waals surface area (Å²) in [6.07, 6.45) is 0.839. The van der Waals surface area contributed by atoms with Crippen LogP contribution in [0.25, 0.3) is 0 Å². The zero-order chi connectivity index (χ0) is 12.3. The molecule has 1 aromatic rings. The molecule has 1 unspecified atom stereocenters. The minimum atomic E-state index is -0.736. The molecule has 16 heavy (non-hydrogen) atoms. The lowest BCUT2D eigenvalue weighted by molar-refractivity contribution is -0.148. The lowest BCUT2D eigenvalue weighted by Crippen LogP contribution is -2.25. The summed E-state index contributed by atoms with van der Waals surface area (Å²) in [5.41, 5.74) is 7.03. The Morgan fingerprint density at radius 3 is 2.81 bits per heavy atom. The van der Waals surface area contributed by atoms with Crippen molar-refractivity contribution in [3.63, 3.8) is 0 Å². The predicted octanol–water partition coefficient (Wildman–Crippen LogP) is 1.68. The van der Waals surface area contributed by atoms with E-state index in [2.05, 4.69) is 25.7 Å². The maximum Gasteiger partial charge on any atom is 0.346 e. The van der Waals surface area contributed by atoms with E-state index in [0.29, 0.717) is 5.69 Å². The Kier molecular flexibility index (Phi) is 4.12. The van der Waals surface area contributed by atoms with Gasteiger partial charge in [0.15, 0.2) is 6.10 Å². The van der Waals surface area contributed by atoms with Crippen LogP contribution in [0.5, 0.6) is 5.88 Å². The van der Waals surface area contributed by atoms with E-state index in [-0.39, 0.29) is 5.88 Å². The largest absolute Gasteiger partial charge is 0.466 e. The smallest absolute Gasteiger partial charge is 0.346 e. The molecule has 1 atom stereocenters. The average molecular weight is 289 g/mol. The van der Waals surface area contributed by atoms with Crippen molar-refractivity contribution in [3.8, 4) is 5.88 Å². The number of pyridine rings is 1. The molecule has 6 heteroatoms. The standard InChI is InChI=1S/C10H13BrN2O3/c1-5-7(11)4-13-9(8(5)12)16-6(2)10(14)15-3/h4,6H,12H2,1-3H3. The fourth-order valence-electron chi connectivity index (χ4n) is 1.05. The van der Waals surface area contributed by atoms with Crippen LogP contribution in [0.15, 0.2) is 10.7 Å². The van der Waals surface area contributed by atoms with Gasteiger partial charge >= 0.3 is 5.97 Å². The van der Waals surface area contributed by atoms with Crippen LogP contribution in [0.2, 0.25) is 0 Å². The van der Waals surface area contributed by atoms with E-state index in [1.54, 1.807) is 13.1 Å². The van der Waals surface area contributed by atoms with Gasteiger partial charge < -0.3 is 15.2 Å². The summed E-state index contributed by atoms with van der Waals surface area (Å²) in [7, 11) is 1.30. The zero-order valence-electron chi connectivity index (χ0n) is 9.28. The van der Waals surface area contributed by atoms with E-state index >= 15 is 0 Å². The van der Waals surface area contributed by atoms with Gasteiger partial charge in [-0.15, -0.1) is 0 Å². The number of hydrogen-bond donors (Lipinski definition) is 1. The molecule has 1 aromatic heterocycles. The first-order chi connectivity index (χ1) is 7.47. The minimum Gasteiger partial charge on any atom is -0.466 e. The maximum absolute atomic E-state index is 11.2. The molecule has 88 valence electrons. The van der Waals surface area contributed by atoms with Crippen LogP contribution in [-0.4, -0.2) is 24.2 Å². The summed E-state index contributed by atoms with van der Waals surface area (Å²) in [5, 5.41) is 0. The summed E-state index contributed by atoms with van der Waals surface area (Å²) >= 11 is 3.30. The van der Waals surface area contributed by atoms with Gasteiger partial charge in [-0.05, 0) is 35.3 Å². The number of nitrogen functional groups attached to an aromatic ring is 1. The first kappa shape index (κ1) is 12.8. The second-order valence-corrected chi connectivity index (χ2v) is 4.09. The fraction of sp³-hybridized carbons (Fsp3) is 0.400. The van der Waals surface area contributed by atoms with Crippen molar-refractivity contribution in [2.24, 2.45) is 0 Å². The molecule has 0 aromatic carbocycles. The van der Waals surface area contributed by atoms with E-state index < -0.39 is 12.1 Å². The van der Waals surface area contributed by atoms with E-state index in [1.807, 2.05) is 6.92 Å². The van der Waals surface area contributed by atoms with Crippen molar-refractivity contribution in [1.82, 2.24) is 4.98 Å². The van der Waals surface area contributed by atoms with Crippen LogP contribution < -0.4 is 10.5 Å². The number of nitrogens with two attached hydrogens (primary N) is 1. The maximum atomic E-state index is 11.2. The molecule has 0 spiro atoms. The SMILES string of the molecule is COC(=O)C(C)Oc1ncc(Br)c(C)c1N. The Balaban J connectivity index is 2.90. The highest BCUT2D eigenvalue weighted by Gasteiger charge is 2.18. The van der Waals surface area contributed by atoms with Gasteiger partial charge in [0.25, 0.3) is 0 Å². The second-order valence-electron chi connectivity index (χ2n) is 3.23. The van der Waals surface area contributed by atoms with Gasteiger partial charge in [-0.2, -0.15) is 0 Å². The number of carbonyl (C=O) groups excluding carboxylic acids is 1. The zero-order valence-corrected chi connectivity index (χ0v) is 10.9. The molecular weight excluding hydrogens is 276 g/mol. The Hall–Kier alpha value is -1.30. The van der Waals surface area contributed by atoms with Crippen molar-refractivity contribution in [1.29, 1.82) is 0 Å². The number of nitrogens with zero attached hydrogens (tertiary/aromatic N) is 1. The number of anilines is 1. The highest BCUT2D eigenvalue weighted by molar-refractivity contribution is 9.10. The topological polar surface area (TPSA) is 74.4 Å². The molecule has 0 amide bonds. The molecule has 0 bridgehead atoms. The monoisotopic (exact) mass is 288 g/mol. The lowest BCUT2D eigenvalue weighted by Gasteiger charge is -2.14. The molecule has 0 saturated carbocycles. The van der Waals surface area contributed by atoms with Gasteiger partial charge in [-0.1, -0.05) is 0 Å². The van der Waals surface area contributed by atoms with Gasteiger partial charge in [-0.3, -0.25) is 0 Å². The fourth-order valence-corrected chi connectivity index (χ4v) is 1.36. The number of halogens is 1. The lowest BCUT2D eigenvalue weighted by atomic mass is 10.2. The first-order valence-electron chi connectivity index (χ1n) is 4.62. The van der Waals surface area contributed by atoms with Gasteiger partial charge in [-0.25, -0.2) is 9.78 Å². The summed E-state index contributed by atoms with van der Waals surface area (Å²) in [6.45, 7) is 3.40. The number of carbonyl (C=O) groups is 1. The molecular formula is C10H13BrN2O3. The van der Waals surface area contributed by atoms with Crippen molar-refractivity contribution >= 4 is 27.6 Å². The van der Waals surface area contributed by atoms with Gasteiger partial charge in [0.1, 0.15) is 0 Å². The number of methoxy groups -OCH3 is 1. The molecule has 0 aliphatic carbocycles. The van der Waals surface area contributed by atoms with Crippen LogP contribution in [0, 0.1) is 6.92 Å². The van der Waals surface area contributed by atoms with Crippen LogP contribution in [0.1, 0.15) is 12.5 Å². The van der Waals surface area contributed by atoms with E-state index in [0.717, 1.165) is 10.0 Å². The van der Waals surface area contributed by atoms with Crippen LogP contribution in [-0.2, 0) is 9.53 Å². The van der Waals surface area contributed by atoms with Crippen molar-refractivity contribution in [2.75, 3.05) is 12.8 Å². The Bertz CT molecular complexity index is 409. The molecule has 1 rings (SSSR count). The molecule has 0 fully saturated rings. The average Bonchev–Trinajstić information content (AvgIpc) is 2.28. The van der Waals surface area contributed by atoms with Gasteiger partial charge in [0.05, 0.1) is 12.8 Å². The molecule has 2 N–H and O–H groups in total. The van der Waals surface area contributed by atoms with Crippen LogP contribution >= 0.6 is 15.9 Å². The Morgan fingerprint density at radius 1 is 1.62 bits per heavy atom. The molecule has 0 aliphatic rings. The number of rotatable bonds is 3. The first-order valence-corrected chi connectivity index (χ1v) is 5.41. The third kappa shape index (κ3) is 2.63. The highest BCUT2D eigenvalue weighted by atomic mass is 79.9. The number of aromatic nitrogens is 1.